The van der Waals surface area contributed by atoms with Crippen LogP contribution >= 0.6 is 11.6 Å². The molecule has 1 aliphatic rings. The standard InChI is InChI=1S/C14H18ClN3O3/c15-12-3-1-10(2-4-12)7-17-13(19)9-21-18-14(16)11-5-6-20-8-11/h1-4,11H,5-9H2,(H2,16,18)(H,17,19)/t11-/m1/s1. The number of amidine groups is 1. The summed E-state index contributed by atoms with van der Waals surface area (Å²) >= 11 is 5.78. The van der Waals surface area contributed by atoms with Crippen LogP contribution in [0.5, 0.6) is 0 Å². The zero-order valence-electron chi connectivity index (χ0n) is 11.5. The van der Waals surface area contributed by atoms with Crippen molar-refractivity contribution in [3.63, 3.8) is 0 Å². The van der Waals surface area contributed by atoms with E-state index in [1.807, 2.05) is 12.1 Å². The summed E-state index contributed by atoms with van der Waals surface area (Å²) in [7, 11) is 0. The van der Waals surface area contributed by atoms with Crippen LogP contribution in [-0.4, -0.2) is 31.6 Å². The van der Waals surface area contributed by atoms with Crippen molar-refractivity contribution < 1.29 is 14.4 Å². The van der Waals surface area contributed by atoms with Crippen LogP contribution in [0.25, 0.3) is 0 Å². The maximum absolute atomic E-state index is 11.6. The van der Waals surface area contributed by atoms with Crippen molar-refractivity contribution in [1.82, 2.24) is 5.32 Å². The molecule has 0 spiro atoms. The zero-order chi connectivity index (χ0) is 15.1. The third kappa shape index (κ3) is 5.24. The summed E-state index contributed by atoms with van der Waals surface area (Å²) in [6.45, 7) is 1.49. The second-order valence-electron chi connectivity index (χ2n) is 4.75. The molecule has 1 heterocycles. The minimum Gasteiger partial charge on any atom is -0.384 e. The van der Waals surface area contributed by atoms with Crippen LogP contribution in [0.3, 0.4) is 0 Å². The van der Waals surface area contributed by atoms with Gasteiger partial charge in [-0.25, -0.2) is 0 Å². The van der Waals surface area contributed by atoms with Gasteiger partial charge in [-0.3, -0.25) is 4.79 Å². The summed E-state index contributed by atoms with van der Waals surface area (Å²) < 4.78 is 5.20. The molecule has 1 saturated heterocycles. The van der Waals surface area contributed by atoms with Gasteiger partial charge >= 0.3 is 0 Å². The Bertz CT molecular complexity index is 499. The van der Waals surface area contributed by atoms with E-state index in [0.717, 1.165) is 12.0 Å². The number of oxime groups is 1. The molecule has 1 aliphatic heterocycles. The molecule has 0 bridgehead atoms. The van der Waals surface area contributed by atoms with E-state index in [-0.39, 0.29) is 18.4 Å². The molecule has 7 heteroatoms. The Morgan fingerprint density at radius 2 is 2.24 bits per heavy atom. The van der Waals surface area contributed by atoms with Gasteiger partial charge < -0.3 is 20.6 Å². The number of ether oxygens (including phenoxy) is 1. The summed E-state index contributed by atoms with van der Waals surface area (Å²) in [6.07, 6.45) is 0.835. The molecule has 21 heavy (non-hydrogen) atoms. The predicted octanol–water partition coefficient (Wildman–Crippen LogP) is 1.28. The lowest BCUT2D eigenvalue weighted by atomic mass is 10.1. The highest BCUT2D eigenvalue weighted by molar-refractivity contribution is 6.30. The van der Waals surface area contributed by atoms with E-state index in [0.29, 0.717) is 30.6 Å². The first kappa shape index (κ1) is 15.6. The first-order valence-electron chi connectivity index (χ1n) is 6.69. The largest absolute Gasteiger partial charge is 0.384 e. The Kier molecular flexibility index (Phi) is 5.83. The second kappa shape index (κ2) is 7.85. The maximum atomic E-state index is 11.6. The number of halogens is 1. The number of nitrogens with zero attached hydrogens (tertiary/aromatic N) is 1. The van der Waals surface area contributed by atoms with Gasteiger partial charge in [0.05, 0.1) is 6.61 Å². The number of hydrogen-bond donors (Lipinski definition) is 2. The number of nitrogens with two attached hydrogens (primary N) is 1. The van der Waals surface area contributed by atoms with E-state index in [4.69, 9.17) is 26.9 Å². The van der Waals surface area contributed by atoms with Gasteiger partial charge in [0.2, 0.25) is 0 Å². The minimum atomic E-state index is -0.260. The summed E-state index contributed by atoms with van der Waals surface area (Å²) in [5, 5.41) is 7.13. The molecule has 0 unspecified atom stereocenters. The quantitative estimate of drug-likeness (QED) is 0.471. The Morgan fingerprint density at radius 3 is 2.90 bits per heavy atom. The van der Waals surface area contributed by atoms with E-state index < -0.39 is 0 Å². The number of nitrogens with one attached hydrogen (secondary N) is 1. The van der Waals surface area contributed by atoms with E-state index in [2.05, 4.69) is 10.5 Å². The lowest BCUT2D eigenvalue weighted by Crippen LogP contribution is -2.28. The third-order valence-electron chi connectivity index (χ3n) is 3.12. The molecule has 2 rings (SSSR count). The Hall–Kier alpha value is -1.79. The molecule has 1 fully saturated rings. The van der Waals surface area contributed by atoms with Crippen LogP contribution < -0.4 is 11.1 Å². The van der Waals surface area contributed by atoms with Crippen LogP contribution in [0.2, 0.25) is 5.02 Å². The number of rotatable bonds is 6. The van der Waals surface area contributed by atoms with Crippen molar-refractivity contribution in [2.24, 2.45) is 16.8 Å². The highest BCUT2D eigenvalue weighted by Crippen LogP contribution is 2.12. The maximum Gasteiger partial charge on any atom is 0.261 e. The average molecular weight is 312 g/mol. The first-order valence-corrected chi connectivity index (χ1v) is 7.07. The predicted molar refractivity (Wildman–Crippen MR) is 79.8 cm³/mol. The molecule has 0 aromatic heterocycles. The van der Waals surface area contributed by atoms with E-state index in [1.54, 1.807) is 12.1 Å². The molecule has 1 aromatic carbocycles. The second-order valence-corrected chi connectivity index (χ2v) is 5.19. The van der Waals surface area contributed by atoms with E-state index in [9.17, 15) is 4.79 Å². The smallest absolute Gasteiger partial charge is 0.261 e. The van der Waals surface area contributed by atoms with Crippen molar-refractivity contribution in [2.75, 3.05) is 19.8 Å². The topological polar surface area (TPSA) is 85.9 Å². The Morgan fingerprint density at radius 1 is 1.48 bits per heavy atom. The monoisotopic (exact) mass is 311 g/mol. The molecule has 0 aliphatic carbocycles. The number of benzene rings is 1. The molecular weight excluding hydrogens is 294 g/mol. The van der Waals surface area contributed by atoms with Crippen LogP contribution in [0, 0.1) is 5.92 Å². The fraction of sp³-hybridized carbons (Fsp3) is 0.429. The van der Waals surface area contributed by atoms with Crippen molar-refractivity contribution in [2.45, 2.75) is 13.0 Å². The van der Waals surface area contributed by atoms with Gasteiger partial charge in [0.25, 0.3) is 5.91 Å². The van der Waals surface area contributed by atoms with E-state index >= 15 is 0 Å². The molecule has 1 amide bonds. The average Bonchev–Trinajstić information content (AvgIpc) is 3.01. The number of carbonyl (C=O) groups excluding carboxylic acids is 1. The SMILES string of the molecule is N/C(=N\OCC(=O)NCc1ccc(Cl)cc1)[C@@H]1CCOC1. The lowest BCUT2D eigenvalue weighted by Gasteiger charge is -2.07. The van der Waals surface area contributed by atoms with Crippen LogP contribution in [0.4, 0.5) is 0 Å². The van der Waals surface area contributed by atoms with E-state index in [1.165, 1.54) is 0 Å². The summed E-state index contributed by atoms with van der Waals surface area (Å²) in [5.74, 6) is 0.198. The van der Waals surface area contributed by atoms with Gasteiger partial charge in [0.1, 0.15) is 5.84 Å². The van der Waals surface area contributed by atoms with Gasteiger partial charge in [-0.2, -0.15) is 0 Å². The molecule has 0 radical (unpaired) electrons. The van der Waals surface area contributed by atoms with Crippen molar-refractivity contribution >= 4 is 23.3 Å². The molecular formula is C14H18ClN3O3. The fourth-order valence-electron chi connectivity index (χ4n) is 1.86. The fourth-order valence-corrected chi connectivity index (χ4v) is 1.99. The van der Waals surface area contributed by atoms with Gasteiger partial charge in [0.15, 0.2) is 6.61 Å². The number of amides is 1. The number of hydrogen-bond acceptors (Lipinski definition) is 4. The zero-order valence-corrected chi connectivity index (χ0v) is 12.3. The molecule has 3 N–H and O–H groups in total. The Labute approximate surface area is 128 Å². The van der Waals surface area contributed by atoms with Gasteiger partial charge in [-0.1, -0.05) is 28.9 Å². The molecule has 0 saturated carbocycles. The Balaban J connectivity index is 1.67. The number of carbonyl (C=O) groups is 1. The molecule has 114 valence electrons. The van der Waals surface area contributed by atoms with Crippen molar-refractivity contribution in [3.05, 3.63) is 34.9 Å². The van der Waals surface area contributed by atoms with Crippen LogP contribution in [-0.2, 0) is 20.9 Å². The first-order chi connectivity index (χ1) is 10.1. The van der Waals surface area contributed by atoms with Crippen molar-refractivity contribution in [1.29, 1.82) is 0 Å². The highest BCUT2D eigenvalue weighted by Gasteiger charge is 2.19. The van der Waals surface area contributed by atoms with Gasteiger partial charge in [-0.05, 0) is 24.1 Å². The summed E-state index contributed by atoms with van der Waals surface area (Å²) in [6, 6.07) is 7.24. The summed E-state index contributed by atoms with van der Waals surface area (Å²) in [5.41, 5.74) is 6.70. The molecule has 1 atom stereocenters. The van der Waals surface area contributed by atoms with Gasteiger partial charge in [-0.15, -0.1) is 0 Å². The normalized spacial score (nSPS) is 18.5. The molecule has 1 aromatic rings. The van der Waals surface area contributed by atoms with Crippen molar-refractivity contribution in [3.8, 4) is 0 Å². The minimum absolute atomic E-state index is 0.0853. The van der Waals surface area contributed by atoms with Crippen LogP contribution in [0.15, 0.2) is 29.4 Å². The third-order valence-corrected chi connectivity index (χ3v) is 3.37. The van der Waals surface area contributed by atoms with Crippen LogP contribution in [0.1, 0.15) is 12.0 Å². The molecule has 6 nitrogen and oxygen atoms in total. The lowest BCUT2D eigenvalue weighted by molar-refractivity contribution is -0.125. The summed E-state index contributed by atoms with van der Waals surface area (Å²) in [4.78, 5) is 16.5. The highest BCUT2D eigenvalue weighted by atomic mass is 35.5. The van der Waals surface area contributed by atoms with Gasteiger partial charge in [0, 0.05) is 24.1 Å².